The molecule has 0 spiro atoms. The summed E-state index contributed by atoms with van der Waals surface area (Å²) in [5.41, 5.74) is 2.62. The van der Waals surface area contributed by atoms with Gasteiger partial charge in [-0.3, -0.25) is 0 Å². The lowest BCUT2D eigenvalue weighted by Crippen LogP contribution is -2.38. The van der Waals surface area contributed by atoms with Crippen LogP contribution >= 0.6 is 11.3 Å². The van der Waals surface area contributed by atoms with Crippen molar-refractivity contribution in [3.05, 3.63) is 65.3 Å². The van der Waals surface area contributed by atoms with E-state index in [1.54, 1.807) is 13.2 Å². The largest absolute Gasteiger partial charge is 0.491 e. The van der Waals surface area contributed by atoms with Gasteiger partial charge in [-0.2, -0.15) is 13.2 Å². The van der Waals surface area contributed by atoms with Gasteiger partial charge in [0.05, 0.1) is 43.9 Å². The maximum atomic E-state index is 12.9. The topological polar surface area (TPSA) is 180 Å². The fraction of sp³-hybridized carbons (Fsp3) is 0.355. The van der Waals surface area contributed by atoms with Gasteiger partial charge >= 0.3 is 18.1 Å². The van der Waals surface area contributed by atoms with Crippen LogP contribution in [0.1, 0.15) is 23.3 Å². The molecule has 0 bridgehead atoms. The maximum absolute atomic E-state index is 12.9. The van der Waals surface area contributed by atoms with Gasteiger partial charge in [-0.15, -0.1) is 21.5 Å². The fourth-order valence-corrected chi connectivity index (χ4v) is 6.20. The Kier molecular flexibility index (Phi) is 11.9. The number of methoxy groups -OCH3 is 2. The van der Waals surface area contributed by atoms with E-state index < -0.39 is 30.6 Å². The third-order valence-electron chi connectivity index (χ3n) is 7.42. The minimum atomic E-state index is -4.29. The van der Waals surface area contributed by atoms with E-state index in [2.05, 4.69) is 25.5 Å². The van der Waals surface area contributed by atoms with Crippen molar-refractivity contribution in [2.75, 3.05) is 26.2 Å². The standard InChI is InChI=1S/C27H29F3N6O3S.C4H4O4/c1-36(24-19-10-18(12-27(28,29)30)40-26(19)33-14-32-24)21-8-17(9-22(21)37)31-13-15-4-6-16(7-5-15)20-11-23(38-2)25(39-3)35-34-20;5-3(6)1-2-4(7)8/h4-7,10-11,14,17,21-22,31,37H,8-9,12-13H2,1-3H3;1-2H,(H,5,6)(H,7,8)/b;2-1+/t17-,21+,22-;/m1./s1. The molecule has 3 atom stereocenters. The number of hydrogen-bond acceptors (Lipinski definition) is 12. The minimum absolute atomic E-state index is 0.0550. The van der Waals surface area contributed by atoms with Crippen molar-refractivity contribution < 1.29 is 47.6 Å². The number of carbonyl (C=O) groups is 2. The molecule has 0 amide bonds. The average Bonchev–Trinajstić information content (AvgIpc) is 3.63. The first-order valence-electron chi connectivity index (χ1n) is 14.4. The Morgan fingerprint density at radius 3 is 2.33 bits per heavy atom. The predicted molar refractivity (Wildman–Crippen MR) is 170 cm³/mol. The van der Waals surface area contributed by atoms with Crippen LogP contribution < -0.4 is 19.7 Å². The van der Waals surface area contributed by atoms with Gasteiger partial charge in [-0.05, 0) is 24.5 Å². The number of ether oxygens (including phenoxy) is 2. The number of aliphatic carboxylic acids is 2. The molecule has 256 valence electrons. The summed E-state index contributed by atoms with van der Waals surface area (Å²) in [6, 6.07) is 11.0. The van der Waals surface area contributed by atoms with E-state index in [9.17, 15) is 27.9 Å². The quantitative estimate of drug-likeness (QED) is 0.165. The van der Waals surface area contributed by atoms with Gasteiger partial charge in [0.25, 0.3) is 5.88 Å². The molecule has 13 nitrogen and oxygen atoms in total. The zero-order valence-electron chi connectivity index (χ0n) is 26.0. The zero-order valence-corrected chi connectivity index (χ0v) is 26.8. The molecule has 3 aromatic heterocycles. The Labute approximate surface area is 276 Å². The molecule has 5 rings (SSSR count). The summed E-state index contributed by atoms with van der Waals surface area (Å²) in [6.07, 6.45) is -2.24. The maximum Gasteiger partial charge on any atom is 0.393 e. The van der Waals surface area contributed by atoms with Crippen LogP contribution in [0, 0.1) is 0 Å². The molecule has 17 heteroatoms. The van der Waals surface area contributed by atoms with Crippen LogP contribution in [0.5, 0.6) is 11.6 Å². The van der Waals surface area contributed by atoms with E-state index in [0.29, 0.717) is 64.9 Å². The summed E-state index contributed by atoms with van der Waals surface area (Å²) in [4.78, 5) is 30.2. The highest BCUT2D eigenvalue weighted by atomic mass is 32.1. The van der Waals surface area contributed by atoms with Gasteiger partial charge in [0.15, 0.2) is 5.75 Å². The summed E-state index contributed by atoms with van der Waals surface area (Å²) in [5.74, 6) is -1.17. The lowest BCUT2D eigenvalue weighted by molar-refractivity contribution is -0.134. The Morgan fingerprint density at radius 1 is 1.04 bits per heavy atom. The van der Waals surface area contributed by atoms with Crippen molar-refractivity contribution in [2.45, 2.75) is 50.2 Å². The van der Waals surface area contributed by atoms with Crippen molar-refractivity contribution in [2.24, 2.45) is 0 Å². The molecule has 1 aliphatic carbocycles. The molecule has 0 aliphatic heterocycles. The third kappa shape index (κ3) is 9.58. The molecular weight excluding hydrogens is 657 g/mol. The van der Waals surface area contributed by atoms with Gasteiger partial charge < -0.3 is 35.0 Å². The second-order valence-corrected chi connectivity index (χ2v) is 11.8. The van der Waals surface area contributed by atoms with E-state index in [-0.39, 0.29) is 17.0 Å². The van der Waals surface area contributed by atoms with E-state index in [0.717, 1.165) is 22.5 Å². The number of fused-ring (bicyclic) bond motifs is 1. The number of aromatic nitrogens is 4. The molecule has 1 fully saturated rings. The molecule has 48 heavy (non-hydrogen) atoms. The van der Waals surface area contributed by atoms with Crippen molar-refractivity contribution in [3.8, 4) is 22.9 Å². The number of rotatable bonds is 11. The van der Waals surface area contributed by atoms with E-state index >= 15 is 0 Å². The average molecular weight is 691 g/mol. The first-order chi connectivity index (χ1) is 22.8. The van der Waals surface area contributed by atoms with E-state index in [1.165, 1.54) is 19.5 Å². The second-order valence-electron chi connectivity index (χ2n) is 10.7. The number of alkyl halides is 3. The zero-order chi connectivity index (χ0) is 35.0. The Balaban J connectivity index is 0.000000579. The van der Waals surface area contributed by atoms with Crippen molar-refractivity contribution >= 4 is 39.3 Å². The molecule has 1 saturated carbocycles. The van der Waals surface area contributed by atoms with Crippen LogP contribution in [0.4, 0.5) is 19.0 Å². The Morgan fingerprint density at radius 2 is 1.73 bits per heavy atom. The normalized spacial score (nSPS) is 17.6. The number of halogens is 3. The summed E-state index contributed by atoms with van der Waals surface area (Å²) < 4.78 is 49.2. The number of aliphatic hydroxyl groups is 1. The molecule has 4 N–H and O–H groups in total. The SMILES string of the molecule is COc1cc(-c2ccc(CN[C@H]3C[C@@H](O)[C@@H](N(C)c4ncnc5sc(CC(F)(F)F)cc45)C3)cc2)nnc1OC.O=C(O)/C=C/C(=O)O. The van der Waals surface area contributed by atoms with Crippen LogP contribution in [0.15, 0.2) is 54.9 Å². The van der Waals surface area contributed by atoms with Gasteiger partial charge in [0, 0.05) is 48.3 Å². The van der Waals surface area contributed by atoms with Crippen LogP contribution in [-0.4, -0.2) is 93.1 Å². The first kappa shape index (κ1) is 36.0. The Hall–Kier alpha value is -4.87. The first-order valence-corrected chi connectivity index (χ1v) is 15.2. The Bertz CT molecular complexity index is 1740. The highest BCUT2D eigenvalue weighted by molar-refractivity contribution is 7.18. The molecular formula is C31H33F3N6O7S. The number of carboxylic acid groups (broad SMARTS) is 2. The fourth-order valence-electron chi connectivity index (χ4n) is 5.18. The molecule has 1 aromatic carbocycles. The van der Waals surface area contributed by atoms with Gasteiger partial charge in [0.2, 0.25) is 0 Å². The smallest absolute Gasteiger partial charge is 0.393 e. The predicted octanol–water partition coefficient (Wildman–Crippen LogP) is 4.10. The van der Waals surface area contributed by atoms with Gasteiger partial charge in [-0.1, -0.05) is 24.3 Å². The number of thiophene rings is 1. The summed E-state index contributed by atoms with van der Waals surface area (Å²) in [6.45, 7) is 0.606. The summed E-state index contributed by atoms with van der Waals surface area (Å²) in [7, 11) is 4.87. The number of nitrogens with zero attached hydrogens (tertiary/aromatic N) is 5. The molecule has 4 aromatic rings. The minimum Gasteiger partial charge on any atom is -0.491 e. The summed E-state index contributed by atoms with van der Waals surface area (Å²) in [5, 5.41) is 38.8. The van der Waals surface area contributed by atoms with Crippen LogP contribution in [0.3, 0.4) is 0 Å². The summed E-state index contributed by atoms with van der Waals surface area (Å²) >= 11 is 1.02. The van der Waals surface area contributed by atoms with Gasteiger partial charge in [-0.25, -0.2) is 19.6 Å². The van der Waals surface area contributed by atoms with Crippen LogP contribution in [0.25, 0.3) is 21.5 Å². The number of carboxylic acids is 2. The second kappa shape index (κ2) is 15.8. The highest BCUT2D eigenvalue weighted by Crippen LogP contribution is 2.36. The van der Waals surface area contributed by atoms with Crippen molar-refractivity contribution in [1.82, 2.24) is 25.5 Å². The third-order valence-corrected chi connectivity index (χ3v) is 8.46. The molecule has 0 radical (unpaired) electrons. The molecule has 0 saturated heterocycles. The number of anilines is 1. The highest BCUT2D eigenvalue weighted by Gasteiger charge is 2.37. The lowest BCUT2D eigenvalue weighted by atomic mass is 10.1. The number of hydrogen-bond donors (Lipinski definition) is 4. The number of aliphatic hydroxyl groups excluding tert-OH is 1. The van der Waals surface area contributed by atoms with E-state index in [4.69, 9.17) is 19.7 Å². The van der Waals surface area contributed by atoms with Crippen molar-refractivity contribution in [1.29, 1.82) is 0 Å². The molecule has 1 aliphatic rings. The van der Waals surface area contributed by atoms with Gasteiger partial charge in [0.1, 0.15) is 17.0 Å². The number of nitrogens with one attached hydrogen (secondary N) is 1. The molecule has 3 heterocycles. The van der Waals surface area contributed by atoms with E-state index in [1.807, 2.05) is 36.2 Å². The van der Waals surface area contributed by atoms with Crippen molar-refractivity contribution in [3.63, 3.8) is 0 Å². The molecule has 0 unspecified atom stereocenters. The number of benzene rings is 1. The number of likely N-dealkylation sites (N-methyl/N-ethyl adjacent to an activating group) is 1. The van der Waals surface area contributed by atoms with Crippen LogP contribution in [-0.2, 0) is 22.6 Å². The van der Waals surface area contributed by atoms with Crippen LogP contribution in [0.2, 0.25) is 0 Å². The lowest BCUT2D eigenvalue weighted by Gasteiger charge is -2.28. The monoisotopic (exact) mass is 690 g/mol.